The fourth-order valence-corrected chi connectivity index (χ4v) is 3.98. The van der Waals surface area contributed by atoms with Crippen molar-refractivity contribution in [3.05, 3.63) is 62.1 Å². The number of benzene rings is 1. The standard InChI is InChI=1S/C18H15N3O6/c1-4-19-13(22)7-8(14(19)23)10-12(18(27)21(6-3)16(10)25)11-9(7)15(24)20(5-2)17(11)26/h4-6H2,1-3H3. The first-order chi connectivity index (χ1) is 12.8. The molecule has 138 valence electrons. The highest BCUT2D eigenvalue weighted by atomic mass is 16.2. The average molecular weight is 369 g/mol. The van der Waals surface area contributed by atoms with Gasteiger partial charge in [-0.05, 0) is 20.8 Å². The molecule has 0 unspecified atom stereocenters. The van der Waals surface area contributed by atoms with Gasteiger partial charge in [-0.25, -0.2) is 0 Å². The van der Waals surface area contributed by atoms with Crippen molar-refractivity contribution in [2.45, 2.75) is 40.4 Å². The van der Waals surface area contributed by atoms with E-state index in [0.717, 1.165) is 13.7 Å². The van der Waals surface area contributed by atoms with E-state index in [2.05, 4.69) is 0 Å². The maximum absolute atomic E-state index is 12.8. The maximum atomic E-state index is 12.8. The Bertz CT molecular complexity index is 1260. The average Bonchev–Trinajstić information content (AvgIpc) is 3.14. The number of nitrogens with zero attached hydrogens (tertiary/aromatic N) is 3. The van der Waals surface area contributed by atoms with Crippen LogP contribution in [0.25, 0.3) is 32.3 Å². The third-order valence-corrected chi connectivity index (χ3v) is 5.20. The summed E-state index contributed by atoms with van der Waals surface area (Å²) in [6, 6.07) is 0. The minimum absolute atomic E-state index is 0.0369. The quantitative estimate of drug-likeness (QED) is 0.461. The first kappa shape index (κ1) is 17.1. The van der Waals surface area contributed by atoms with Crippen LogP contribution in [-0.2, 0) is 19.6 Å². The third-order valence-electron chi connectivity index (χ3n) is 5.20. The molecule has 0 fully saturated rings. The number of fused-ring (bicyclic) bond motifs is 6. The molecule has 1 aromatic carbocycles. The lowest BCUT2D eigenvalue weighted by atomic mass is 10.0. The van der Waals surface area contributed by atoms with Crippen LogP contribution in [0, 0.1) is 0 Å². The Morgan fingerprint density at radius 1 is 0.407 bits per heavy atom. The zero-order chi connectivity index (χ0) is 19.8. The molecule has 0 saturated heterocycles. The summed E-state index contributed by atoms with van der Waals surface area (Å²) < 4.78 is 2.72. The molecule has 0 N–H and O–H groups in total. The van der Waals surface area contributed by atoms with Crippen molar-refractivity contribution in [1.82, 2.24) is 13.7 Å². The van der Waals surface area contributed by atoms with Crippen molar-refractivity contribution in [3.63, 3.8) is 0 Å². The molecule has 9 nitrogen and oxygen atoms in total. The predicted molar refractivity (Wildman–Crippen MR) is 101 cm³/mol. The Morgan fingerprint density at radius 2 is 0.556 bits per heavy atom. The molecular weight excluding hydrogens is 354 g/mol. The first-order valence-corrected chi connectivity index (χ1v) is 8.64. The summed E-state index contributed by atoms with van der Waals surface area (Å²) in [7, 11) is 0. The molecule has 3 heterocycles. The molecule has 0 spiro atoms. The van der Waals surface area contributed by atoms with Crippen LogP contribution in [-0.4, -0.2) is 13.7 Å². The first-order valence-electron chi connectivity index (χ1n) is 8.64. The van der Waals surface area contributed by atoms with Crippen LogP contribution in [0.1, 0.15) is 20.8 Å². The Kier molecular flexibility index (Phi) is 3.36. The maximum Gasteiger partial charge on any atom is 0.262 e. The van der Waals surface area contributed by atoms with E-state index in [4.69, 9.17) is 0 Å². The molecule has 27 heavy (non-hydrogen) atoms. The van der Waals surface area contributed by atoms with E-state index in [1.54, 1.807) is 20.8 Å². The highest BCUT2D eigenvalue weighted by molar-refractivity contribution is 6.25. The van der Waals surface area contributed by atoms with Crippen LogP contribution < -0.4 is 33.4 Å². The lowest BCUT2D eigenvalue weighted by Gasteiger charge is -1.92. The van der Waals surface area contributed by atoms with Crippen molar-refractivity contribution in [1.29, 1.82) is 0 Å². The second kappa shape index (κ2) is 5.32. The second-order valence-corrected chi connectivity index (χ2v) is 6.31. The molecule has 0 atom stereocenters. The predicted octanol–water partition coefficient (Wildman–Crippen LogP) is -0.915. The van der Waals surface area contributed by atoms with Crippen LogP contribution in [0.15, 0.2) is 28.8 Å². The third kappa shape index (κ3) is 1.73. The van der Waals surface area contributed by atoms with Gasteiger partial charge in [0.1, 0.15) is 0 Å². The Morgan fingerprint density at radius 3 is 0.667 bits per heavy atom. The van der Waals surface area contributed by atoms with Gasteiger partial charge >= 0.3 is 0 Å². The van der Waals surface area contributed by atoms with Gasteiger partial charge in [-0.15, -0.1) is 0 Å². The lowest BCUT2D eigenvalue weighted by molar-refractivity contribution is 0.720. The van der Waals surface area contributed by atoms with E-state index in [1.807, 2.05) is 0 Å². The lowest BCUT2D eigenvalue weighted by Crippen LogP contribution is -2.25. The molecule has 4 aromatic rings. The molecule has 0 saturated carbocycles. The topological polar surface area (TPSA) is 117 Å². The SMILES string of the molecule is CCn1c(=O)c2c3c(=O)n(CC)c(=O)c3c3c(=O)n(CC)c(=O)c3c2c1=O. The van der Waals surface area contributed by atoms with Crippen molar-refractivity contribution < 1.29 is 0 Å². The van der Waals surface area contributed by atoms with E-state index >= 15 is 0 Å². The smallest absolute Gasteiger partial charge is 0.262 e. The Hall–Kier alpha value is -3.36. The van der Waals surface area contributed by atoms with Crippen molar-refractivity contribution in [2.75, 3.05) is 0 Å². The van der Waals surface area contributed by atoms with Gasteiger partial charge in [0.15, 0.2) is 0 Å². The normalized spacial score (nSPS) is 12.1. The molecule has 0 amide bonds. The molecular formula is C18H15N3O6. The van der Waals surface area contributed by atoms with Crippen molar-refractivity contribution in [2.24, 2.45) is 0 Å². The van der Waals surface area contributed by atoms with Gasteiger partial charge in [0.25, 0.3) is 33.4 Å². The van der Waals surface area contributed by atoms with Gasteiger partial charge < -0.3 is 0 Å². The van der Waals surface area contributed by atoms with Gasteiger partial charge in [-0.2, -0.15) is 0 Å². The van der Waals surface area contributed by atoms with Crippen LogP contribution in [0.2, 0.25) is 0 Å². The van der Waals surface area contributed by atoms with Crippen LogP contribution in [0.4, 0.5) is 0 Å². The molecule has 0 aliphatic carbocycles. The van der Waals surface area contributed by atoms with E-state index in [-0.39, 0.29) is 52.0 Å². The molecule has 0 aliphatic rings. The Labute approximate surface area is 149 Å². The van der Waals surface area contributed by atoms with Gasteiger partial charge in [0, 0.05) is 19.6 Å². The molecule has 0 radical (unpaired) electrons. The van der Waals surface area contributed by atoms with Crippen molar-refractivity contribution >= 4 is 32.3 Å². The number of hydrogen-bond donors (Lipinski definition) is 0. The summed E-state index contributed by atoms with van der Waals surface area (Å²) in [5.41, 5.74) is -4.38. The van der Waals surface area contributed by atoms with E-state index in [9.17, 15) is 28.8 Å². The van der Waals surface area contributed by atoms with E-state index in [1.165, 1.54) is 0 Å². The van der Waals surface area contributed by atoms with Gasteiger partial charge in [-0.3, -0.25) is 42.5 Å². The number of aromatic nitrogens is 3. The monoisotopic (exact) mass is 369 g/mol. The van der Waals surface area contributed by atoms with Crippen LogP contribution in [0.3, 0.4) is 0 Å². The van der Waals surface area contributed by atoms with Crippen LogP contribution >= 0.6 is 0 Å². The van der Waals surface area contributed by atoms with Gasteiger partial charge in [0.05, 0.1) is 32.3 Å². The highest BCUT2D eigenvalue weighted by Crippen LogP contribution is 2.25. The molecule has 0 aliphatic heterocycles. The zero-order valence-electron chi connectivity index (χ0n) is 14.9. The molecule has 9 heteroatoms. The summed E-state index contributed by atoms with van der Waals surface area (Å²) in [4.78, 5) is 76.8. The summed E-state index contributed by atoms with van der Waals surface area (Å²) in [5, 5.41) is -1.48. The molecule has 4 rings (SSSR count). The Balaban J connectivity index is 2.65. The van der Waals surface area contributed by atoms with E-state index < -0.39 is 33.4 Å². The molecule has 3 aromatic heterocycles. The van der Waals surface area contributed by atoms with Crippen LogP contribution in [0.5, 0.6) is 0 Å². The number of hydrogen-bond acceptors (Lipinski definition) is 6. The summed E-state index contributed by atoms with van der Waals surface area (Å²) in [5.74, 6) is 0. The van der Waals surface area contributed by atoms with Crippen molar-refractivity contribution in [3.8, 4) is 0 Å². The van der Waals surface area contributed by atoms with Gasteiger partial charge in [0.2, 0.25) is 0 Å². The summed E-state index contributed by atoms with van der Waals surface area (Å²) >= 11 is 0. The van der Waals surface area contributed by atoms with E-state index in [0.29, 0.717) is 0 Å². The minimum atomic E-state index is -0.731. The summed E-state index contributed by atoms with van der Waals surface area (Å²) in [6.45, 7) is 4.86. The largest absolute Gasteiger partial charge is 0.275 e. The van der Waals surface area contributed by atoms with Gasteiger partial charge in [-0.1, -0.05) is 0 Å². The number of rotatable bonds is 3. The highest BCUT2D eigenvalue weighted by Gasteiger charge is 2.29. The summed E-state index contributed by atoms with van der Waals surface area (Å²) in [6.07, 6.45) is 0. The second-order valence-electron chi connectivity index (χ2n) is 6.31. The fraction of sp³-hybridized carbons (Fsp3) is 0.333. The zero-order valence-corrected chi connectivity index (χ0v) is 14.9. The minimum Gasteiger partial charge on any atom is -0.275 e. The molecule has 0 bridgehead atoms. The fourth-order valence-electron chi connectivity index (χ4n) is 3.98.